The van der Waals surface area contributed by atoms with Crippen LogP contribution in [0, 0.1) is 11.2 Å². The second kappa shape index (κ2) is 7.07. The van der Waals surface area contributed by atoms with E-state index in [1.54, 1.807) is 0 Å². The average Bonchev–Trinajstić information content (AvgIpc) is 2.54. The Bertz CT molecular complexity index is 536. The smallest absolute Gasteiger partial charge is 0.227 e. The first-order chi connectivity index (χ1) is 10.6. The monoisotopic (exact) mass is 310 g/mol. The molecule has 0 aliphatic carbocycles. The highest BCUT2D eigenvalue weighted by molar-refractivity contribution is 5.82. The van der Waals surface area contributed by atoms with Crippen molar-refractivity contribution in [2.75, 3.05) is 13.3 Å². The normalized spacial score (nSPS) is 14.2. The number of carbonyl (C=O) groups is 1. The second-order valence-electron chi connectivity index (χ2n) is 5.54. The molecule has 3 N–H and O–H groups in total. The quantitative estimate of drug-likeness (QED) is 0.843. The number of hydrogen-bond donors (Lipinski definition) is 2. The van der Waals surface area contributed by atoms with Gasteiger partial charge in [-0.2, -0.15) is 0 Å². The van der Waals surface area contributed by atoms with E-state index in [1.165, 1.54) is 12.1 Å². The number of nitrogens with one attached hydrogen (secondary N) is 1. The van der Waals surface area contributed by atoms with Crippen LogP contribution in [0.5, 0.6) is 5.75 Å². The number of fused-ring (bicyclic) bond motifs is 1. The standard InChI is InChI=1S/C16H23FN2O3/c1-3-16(4-2,9-18)15(20)19-7-11-5-13(17)6-12-8-21-10-22-14(11)12/h5-6H,3-4,7-10,18H2,1-2H3,(H,19,20). The molecule has 0 bridgehead atoms. The Kier molecular flexibility index (Phi) is 5.37. The summed E-state index contributed by atoms with van der Waals surface area (Å²) in [4.78, 5) is 12.4. The molecule has 0 unspecified atom stereocenters. The third-order valence-corrected chi connectivity index (χ3v) is 4.42. The van der Waals surface area contributed by atoms with Crippen molar-refractivity contribution in [1.82, 2.24) is 5.32 Å². The van der Waals surface area contributed by atoms with Crippen LogP contribution in [-0.2, 0) is 22.7 Å². The number of carbonyl (C=O) groups excluding carboxylic acids is 1. The molecule has 1 aliphatic rings. The van der Waals surface area contributed by atoms with Crippen LogP contribution < -0.4 is 15.8 Å². The van der Waals surface area contributed by atoms with Crippen molar-refractivity contribution in [1.29, 1.82) is 0 Å². The Morgan fingerprint density at radius 3 is 2.77 bits per heavy atom. The van der Waals surface area contributed by atoms with Crippen LogP contribution in [0.15, 0.2) is 12.1 Å². The maximum Gasteiger partial charge on any atom is 0.227 e. The van der Waals surface area contributed by atoms with E-state index in [0.717, 1.165) is 0 Å². The molecule has 1 amide bonds. The van der Waals surface area contributed by atoms with Gasteiger partial charge in [-0.1, -0.05) is 13.8 Å². The SMILES string of the molecule is CCC(CC)(CN)C(=O)NCc1cc(F)cc2c1OCOC2. The fraction of sp³-hybridized carbons (Fsp3) is 0.562. The molecule has 22 heavy (non-hydrogen) atoms. The van der Waals surface area contributed by atoms with Gasteiger partial charge in [-0.05, 0) is 25.0 Å². The summed E-state index contributed by atoms with van der Waals surface area (Å²) in [6.07, 6.45) is 1.33. The van der Waals surface area contributed by atoms with Gasteiger partial charge in [-0.15, -0.1) is 0 Å². The van der Waals surface area contributed by atoms with Crippen LogP contribution in [0.2, 0.25) is 0 Å². The molecule has 0 spiro atoms. The zero-order valence-electron chi connectivity index (χ0n) is 13.1. The molecule has 0 aromatic heterocycles. The topological polar surface area (TPSA) is 73.6 Å². The Hall–Kier alpha value is -1.66. The maximum atomic E-state index is 13.7. The molecule has 1 aromatic rings. The van der Waals surface area contributed by atoms with Crippen molar-refractivity contribution in [3.05, 3.63) is 29.1 Å². The van der Waals surface area contributed by atoms with Gasteiger partial charge in [0.1, 0.15) is 11.6 Å². The van der Waals surface area contributed by atoms with E-state index in [-0.39, 0.29) is 31.6 Å². The highest BCUT2D eigenvalue weighted by Crippen LogP contribution is 2.30. The lowest BCUT2D eigenvalue weighted by molar-refractivity contribution is -0.131. The Morgan fingerprint density at radius 1 is 1.41 bits per heavy atom. The first-order valence-corrected chi connectivity index (χ1v) is 7.56. The molecule has 2 rings (SSSR count). The molecular formula is C16H23FN2O3. The molecule has 0 saturated carbocycles. The van der Waals surface area contributed by atoms with Gasteiger partial charge >= 0.3 is 0 Å². The Balaban J connectivity index is 2.15. The molecule has 1 heterocycles. The van der Waals surface area contributed by atoms with Crippen LogP contribution in [0.1, 0.15) is 37.8 Å². The number of nitrogens with two attached hydrogens (primary N) is 1. The first-order valence-electron chi connectivity index (χ1n) is 7.56. The van der Waals surface area contributed by atoms with Gasteiger partial charge in [0.2, 0.25) is 5.91 Å². The Morgan fingerprint density at radius 2 is 2.14 bits per heavy atom. The van der Waals surface area contributed by atoms with Crippen molar-refractivity contribution in [2.24, 2.45) is 11.1 Å². The number of rotatable bonds is 6. The van der Waals surface area contributed by atoms with Crippen molar-refractivity contribution in [3.8, 4) is 5.75 Å². The van der Waals surface area contributed by atoms with Gasteiger partial charge in [0, 0.05) is 24.2 Å². The van der Waals surface area contributed by atoms with Crippen LogP contribution in [0.3, 0.4) is 0 Å². The van der Waals surface area contributed by atoms with Gasteiger partial charge in [0.25, 0.3) is 0 Å². The molecule has 1 aromatic carbocycles. The molecule has 5 nitrogen and oxygen atoms in total. The summed E-state index contributed by atoms with van der Waals surface area (Å²) in [5, 5.41) is 2.86. The minimum absolute atomic E-state index is 0.106. The minimum atomic E-state index is -0.572. The van der Waals surface area contributed by atoms with Gasteiger partial charge < -0.3 is 20.5 Å². The lowest BCUT2D eigenvalue weighted by Gasteiger charge is -2.29. The van der Waals surface area contributed by atoms with E-state index < -0.39 is 5.41 Å². The van der Waals surface area contributed by atoms with E-state index >= 15 is 0 Å². The second-order valence-corrected chi connectivity index (χ2v) is 5.54. The van der Waals surface area contributed by atoms with E-state index in [4.69, 9.17) is 15.2 Å². The fourth-order valence-corrected chi connectivity index (χ4v) is 2.70. The molecule has 1 aliphatic heterocycles. The summed E-state index contributed by atoms with van der Waals surface area (Å²) < 4.78 is 24.3. The van der Waals surface area contributed by atoms with E-state index in [9.17, 15) is 9.18 Å². The molecule has 0 atom stereocenters. The van der Waals surface area contributed by atoms with Gasteiger partial charge in [0.15, 0.2) is 6.79 Å². The van der Waals surface area contributed by atoms with Crippen LogP contribution >= 0.6 is 0 Å². The highest BCUT2D eigenvalue weighted by Gasteiger charge is 2.33. The minimum Gasteiger partial charge on any atom is -0.467 e. The average molecular weight is 310 g/mol. The van der Waals surface area contributed by atoms with Crippen LogP contribution in [0.25, 0.3) is 0 Å². The molecular weight excluding hydrogens is 287 g/mol. The largest absolute Gasteiger partial charge is 0.467 e. The predicted octanol–water partition coefficient (Wildman–Crippen LogP) is 2.07. The van der Waals surface area contributed by atoms with Gasteiger partial charge in [0.05, 0.1) is 12.0 Å². The van der Waals surface area contributed by atoms with Crippen molar-refractivity contribution < 1.29 is 18.7 Å². The summed E-state index contributed by atoms with van der Waals surface area (Å²) in [6, 6.07) is 2.77. The van der Waals surface area contributed by atoms with Gasteiger partial charge in [-0.3, -0.25) is 4.79 Å². The lowest BCUT2D eigenvalue weighted by Crippen LogP contribution is -2.45. The third kappa shape index (κ3) is 3.23. The zero-order chi connectivity index (χ0) is 16.2. The van der Waals surface area contributed by atoms with E-state index in [2.05, 4.69) is 5.32 Å². The first kappa shape index (κ1) is 16.7. The van der Waals surface area contributed by atoms with Crippen LogP contribution in [-0.4, -0.2) is 19.2 Å². The van der Waals surface area contributed by atoms with Crippen molar-refractivity contribution in [3.63, 3.8) is 0 Å². The fourth-order valence-electron chi connectivity index (χ4n) is 2.70. The molecule has 0 radical (unpaired) electrons. The predicted molar refractivity (Wildman–Crippen MR) is 80.6 cm³/mol. The van der Waals surface area contributed by atoms with Gasteiger partial charge in [-0.25, -0.2) is 4.39 Å². The summed E-state index contributed by atoms with van der Waals surface area (Å²) in [6.45, 7) is 4.83. The number of benzene rings is 1. The number of hydrogen-bond acceptors (Lipinski definition) is 4. The summed E-state index contributed by atoms with van der Waals surface area (Å²) in [5.74, 6) is 0.123. The van der Waals surface area contributed by atoms with E-state index in [1.807, 2.05) is 13.8 Å². The van der Waals surface area contributed by atoms with Crippen molar-refractivity contribution >= 4 is 5.91 Å². The number of ether oxygens (including phenoxy) is 2. The molecule has 122 valence electrons. The third-order valence-electron chi connectivity index (χ3n) is 4.42. The summed E-state index contributed by atoms with van der Waals surface area (Å²) in [7, 11) is 0. The Labute approximate surface area is 130 Å². The lowest BCUT2D eigenvalue weighted by atomic mass is 9.81. The van der Waals surface area contributed by atoms with Crippen LogP contribution in [0.4, 0.5) is 4.39 Å². The number of amides is 1. The highest BCUT2D eigenvalue weighted by atomic mass is 19.1. The summed E-state index contributed by atoms with van der Waals surface area (Å²) in [5.41, 5.74) is 6.47. The maximum absolute atomic E-state index is 13.7. The zero-order valence-corrected chi connectivity index (χ0v) is 13.1. The number of halogens is 1. The molecule has 0 fully saturated rings. The molecule has 0 saturated heterocycles. The van der Waals surface area contributed by atoms with Crippen molar-refractivity contribution in [2.45, 2.75) is 39.8 Å². The molecule has 6 heteroatoms. The summed E-state index contributed by atoms with van der Waals surface area (Å²) >= 11 is 0. The van der Waals surface area contributed by atoms with E-state index in [0.29, 0.717) is 36.3 Å².